The Morgan fingerprint density at radius 3 is 2.79 bits per heavy atom. The van der Waals surface area contributed by atoms with Crippen LogP contribution in [0.4, 0.5) is 0 Å². The summed E-state index contributed by atoms with van der Waals surface area (Å²) in [4.78, 5) is 34.8. The third-order valence-corrected chi connectivity index (χ3v) is 8.90. The number of Topliss-reactive ketones (excluding diaryl/α,β-unsaturated/α-hetero) is 1. The number of carbonyl (C=O) groups is 2. The van der Waals surface area contributed by atoms with Crippen molar-refractivity contribution in [2.75, 3.05) is 0 Å². The summed E-state index contributed by atoms with van der Waals surface area (Å²) in [6, 6.07) is 4.20. The van der Waals surface area contributed by atoms with Crippen molar-refractivity contribution < 1.29 is 14.7 Å². The summed E-state index contributed by atoms with van der Waals surface area (Å²) in [5.74, 6) is 1.66. The Kier molecular flexibility index (Phi) is 5.95. The maximum atomic E-state index is 13.5. The van der Waals surface area contributed by atoms with Crippen LogP contribution in [0.3, 0.4) is 0 Å². The molecular formula is C28H35N3O3. The van der Waals surface area contributed by atoms with Crippen LogP contribution in [0.25, 0.3) is 0 Å². The highest BCUT2D eigenvalue weighted by molar-refractivity contribution is 5.93. The zero-order valence-corrected chi connectivity index (χ0v) is 20.4. The average molecular weight is 462 g/mol. The number of amides is 1. The van der Waals surface area contributed by atoms with Crippen molar-refractivity contribution in [1.82, 2.24) is 15.3 Å². The number of ketones is 1. The van der Waals surface area contributed by atoms with E-state index in [1.54, 1.807) is 12.4 Å². The molecule has 3 aliphatic carbocycles. The van der Waals surface area contributed by atoms with E-state index in [9.17, 15) is 14.7 Å². The zero-order chi connectivity index (χ0) is 24.0. The molecule has 0 bridgehead atoms. The fourth-order valence-corrected chi connectivity index (χ4v) is 7.05. The first-order valence-corrected chi connectivity index (χ1v) is 12.7. The number of aromatic nitrogens is 2. The summed E-state index contributed by atoms with van der Waals surface area (Å²) >= 11 is 0. The smallest absolute Gasteiger partial charge is 0.221 e. The molecule has 2 aromatic rings. The monoisotopic (exact) mass is 461 g/mol. The molecule has 0 spiro atoms. The highest BCUT2D eigenvalue weighted by Gasteiger charge is 2.58. The van der Waals surface area contributed by atoms with E-state index in [1.807, 2.05) is 13.0 Å². The quantitative estimate of drug-likeness (QED) is 0.688. The van der Waals surface area contributed by atoms with E-state index < -0.39 is 0 Å². The molecule has 1 heterocycles. The third-order valence-electron chi connectivity index (χ3n) is 8.90. The van der Waals surface area contributed by atoms with E-state index in [1.165, 1.54) is 11.1 Å². The maximum absolute atomic E-state index is 13.5. The summed E-state index contributed by atoms with van der Waals surface area (Å²) < 4.78 is 0. The van der Waals surface area contributed by atoms with Gasteiger partial charge in [-0.15, -0.1) is 0 Å². The van der Waals surface area contributed by atoms with Gasteiger partial charge in [0.05, 0.1) is 24.1 Å². The van der Waals surface area contributed by atoms with Gasteiger partial charge in [0, 0.05) is 24.0 Å². The van der Waals surface area contributed by atoms with Crippen molar-refractivity contribution in [2.24, 2.45) is 23.2 Å². The number of phenols is 1. The van der Waals surface area contributed by atoms with Crippen LogP contribution in [0.1, 0.15) is 79.9 Å². The molecule has 34 heavy (non-hydrogen) atoms. The van der Waals surface area contributed by atoms with Gasteiger partial charge in [0.25, 0.3) is 0 Å². The summed E-state index contributed by atoms with van der Waals surface area (Å²) in [5, 5.41) is 13.3. The largest absolute Gasteiger partial charge is 0.508 e. The molecule has 0 unspecified atom stereocenters. The fourth-order valence-electron chi connectivity index (χ4n) is 7.05. The molecule has 2 N–H and O–H groups in total. The van der Waals surface area contributed by atoms with Crippen molar-refractivity contribution in [3.63, 3.8) is 0 Å². The van der Waals surface area contributed by atoms with Crippen molar-refractivity contribution in [3.05, 3.63) is 52.6 Å². The minimum Gasteiger partial charge on any atom is -0.508 e. The standard InChI is InChI=1S/C28H35N3O3/c1-4-17-9-23-18(11-25(17)32)5-6-22-21(23)7-8-28(3)24(22)10-19(27(28)34)12-26(33)31-15-20-14-29-16(2)13-30-20/h9,11,13-14,19,21-22,24,32H,4-8,10,12,15H2,1-3H3,(H,31,33)/t19-,21+,22-,24+,28+/m1/s1. The number of phenolic OH excluding ortho intramolecular Hbond substituents is 1. The Hall–Kier alpha value is -2.76. The molecule has 0 aliphatic heterocycles. The first-order valence-electron chi connectivity index (χ1n) is 12.7. The van der Waals surface area contributed by atoms with Gasteiger partial charge in [-0.25, -0.2) is 0 Å². The van der Waals surface area contributed by atoms with Crippen LogP contribution < -0.4 is 5.32 Å². The normalized spacial score (nSPS) is 29.8. The topological polar surface area (TPSA) is 92.2 Å². The van der Waals surface area contributed by atoms with Gasteiger partial charge in [-0.05, 0) is 86.0 Å². The molecule has 1 amide bonds. The maximum Gasteiger partial charge on any atom is 0.221 e. The number of aromatic hydroxyl groups is 1. The fraction of sp³-hybridized carbons (Fsp3) is 0.571. The zero-order valence-electron chi connectivity index (χ0n) is 20.4. The third kappa shape index (κ3) is 3.91. The predicted molar refractivity (Wildman–Crippen MR) is 129 cm³/mol. The molecule has 3 aliphatic rings. The molecule has 180 valence electrons. The molecule has 0 radical (unpaired) electrons. The lowest BCUT2D eigenvalue weighted by atomic mass is 9.55. The molecule has 6 heteroatoms. The van der Waals surface area contributed by atoms with Gasteiger partial charge in [-0.3, -0.25) is 19.6 Å². The second-order valence-corrected chi connectivity index (χ2v) is 10.8. The van der Waals surface area contributed by atoms with Crippen molar-refractivity contribution >= 4 is 11.7 Å². The van der Waals surface area contributed by atoms with Crippen LogP contribution in [-0.4, -0.2) is 26.8 Å². The first kappa shape index (κ1) is 23.0. The Morgan fingerprint density at radius 1 is 1.24 bits per heavy atom. The molecule has 5 rings (SSSR count). The summed E-state index contributed by atoms with van der Waals surface area (Å²) in [6.45, 7) is 6.45. The molecule has 6 nitrogen and oxygen atoms in total. The summed E-state index contributed by atoms with van der Waals surface area (Å²) in [6.07, 6.45) is 9.16. The van der Waals surface area contributed by atoms with Crippen molar-refractivity contribution in [3.8, 4) is 5.75 Å². The van der Waals surface area contributed by atoms with Crippen LogP contribution in [0.2, 0.25) is 0 Å². The molecular weight excluding hydrogens is 426 g/mol. The molecule has 0 saturated heterocycles. The molecule has 2 saturated carbocycles. The number of hydrogen-bond acceptors (Lipinski definition) is 5. The highest BCUT2D eigenvalue weighted by atomic mass is 16.3. The van der Waals surface area contributed by atoms with E-state index in [2.05, 4.69) is 35.2 Å². The van der Waals surface area contributed by atoms with Crippen LogP contribution >= 0.6 is 0 Å². The molecule has 1 aromatic heterocycles. The number of benzene rings is 1. The van der Waals surface area contributed by atoms with Gasteiger partial charge in [0.2, 0.25) is 5.91 Å². The van der Waals surface area contributed by atoms with E-state index in [0.29, 0.717) is 30.0 Å². The van der Waals surface area contributed by atoms with Crippen molar-refractivity contribution in [1.29, 1.82) is 0 Å². The van der Waals surface area contributed by atoms with Crippen LogP contribution in [0.5, 0.6) is 5.75 Å². The number of hydrogen-bond donors (Lipinski definition) is 2. The van der Waals surface area contributed by atoms with Gasteiger partial charge in [-0.1, -0.05) is 19.9 Å². The van der Waals surface area contributed by atoms with E-state index in [0.717, 1.165) is 55.5 Å². The summed E-state index contributed by atoms with van der Waals surface area (Å²) in [7, 11) is 0. The minimum absolute atomic E-state index is 0.0865. The highest BCUT2D eigenvalue weighted by Crippen LogP contribution is 2.61. The molecule has 5 atom stereocenters. The number of nitrogens with one attached hydrogen (secondary N) is 1. The predicted octanol–water partition coefficient (Wildman–Crippen LogP) is 4.41. The van der Waals surface area contributed by atoms with E-state index in [-0.39, 0.29) is 29.4 Å². The lowest BCUT2D eigenvalue weighted by Crippen LogP contribution is -2.42. The Labute approximate surface area is 201 Å². The number of fused-ring (bicyclic) bond motifs is 5. The second-order valence-electron chi connectivity index (χ2n) is 10.8. The number of carbonyl (C=O) groups excluding carboxylic acids is 2. The van der Waals surface area contributed by atoms with Gasteiger partial charge in [0.1, 0.15) is 11.5 Å². The number of rotatable bonds is 5. The van der Waals surface area contributed by atoms with Crippen LogP contribution in [0.15, 0.2) is 24.5 Å². The molecule has 2 fully saturated rings. The first-order chi connectivity index (χ1) is 16.3. The number of nitrogens with zero attached hydrogens (tertiary/aromatic N) is 2. The van der Waals surface area contributed by atoms with Crippen molar-refractivity contribution in [2.45, 2.75) is 78.2 Å². The Balaban J connectivity index is 1.29. The Morgan fingerprint density at radius 2 is 2.06 bits per heavy atom. The van der Waals surface area contributed by atoms with Crippen LogP contribution in [-0.2, 0) is 29.0 Å². The van der Waals surface area contributed by atoms with Gasteiger partial charge >= 0.3 is 0 Å². The van der Waals surface area contributed by atoms with E-state index in [4.69, 9.17) is 0 Å². The summed E-state index contributed by atoms with van der Waals surface area (Å²) in [5.41, 5.74) is 4.92. The van der Waals surface area contributed by atoms with Gasteiger partial charge in [0.15, 0.2) is 0 Å². The average Bonchev–Trinajstić information content (AvgIpc) is 3.08. The lowest BCUT2D eigenvalue weighted by Gasteiger charge is -2.48. The van der Waals surface area contributed by atoms with E-state index >= 15 is 0 Å². The second kappa shape index (κ2) is 8.79. The van der Waals surface area contributed by atoms with Gasteiger partial charge in [-0.2, -0.15) is 0 Å². The lowest BCUT2D eigenvalue weighted by molar-refractivity contribution is -0.134. The molecule has 1 aromatic carbocycles. The van der Waals surface area contributed by atoms with Gasteiger partial charge < -0.3 is 10.4 Å². The number of aryl methyl sites for hydroxylation is 3. The SMILES string of the molecule is CCc1cc2c(cc1O)CC[C@@H]1[C@@H]2CC[C@]2(C)C(=O)[C@@H](CC(=O)NCc3cnc(C)cn3)C[C@@H]12. The Bertz CT molecular complexity index is 1110. The minimum atomic E-state index is -0.323. The van der Waals surface area contributed by atoms with Crippen LogP contribution in [0, 0.1) is 30.1 Å².